The molecule has 0 saturated carbocycles. The van der Waals surface area contributed by atoms with Crippen LogP contribution in [-0.2, 0) is 27.2 Å². The molecule has 2 aliphatic heterocycles. The number of hydrogen-bond donors (Lipinski definition) is 2. The fourth-order valence-corrected chi connectivity index (χ4v) is 4.95. The Morgan fingerprint density at radius 3 is 1.87 bits per heavy atom. The van der Waals surface area contributed by atoms with Gasteiger partial charge in [-0.25, -0.2) is 9.59 Å². The van der Waals surface area contributed by atoms with Gasteiger partial charge in [-0.1, -0.05) is 42.5 Å². The van der Waals surface area contributed by atoms with Crippen LogP contribution in [0.4, 0.5) is 17.1 Å². The standard InChI is InChI=1S/C28H31N3O2.C2H2O4/c1-33-25-10-6-9-24(21-25)30-19-17-29(18-20-30)16-15-28(32)31-26-11-4-2-7-22(26)13-14-23-8-3-5-12-27(23)31;3-1(4)2(5)6/h2-12,21H,13-20H2,1H3;(H,3,4)(H,5,6). The molecule has 0 aromatic heterocycles. The van der Waals surface area contributed by atoms with E-state index in [-0.39, 0.29) is 5.91 Å². The van der Waals surface area contributed by atoms with Crippen molar-refractivity contribution in [3.05, 3.63) is 83.9 Å². The number of piperazine rings is 1. The highest BCUT2D eigenvalue weighted by atomic mass is 16.5. The van der Waals surface area contributed by atoms with Gasteiger partial charge < -0.3 is 19.8 Å². The first-order chi connectivity index (χ1) is 18.9. The summed E-state index contributed by atoms with van der Waals surface area (Å²) in [7, 11) is 1.70. The van der Waals surface area contributed by atoms with Crippen LogP contribution >= 0.6 is 0 Å². The van der Waals surface area contributed by atoms with Crippen LogP contribution in [0, 0.1) is 0 Å². The minimum absolute atomic E-state index is 0.173. The van der Waals surface area contributed by atoms with Gasteiger partial charge in [-0.15, -0.1) is 0 Å². The van der Waals surface area contributed by atoms with Gasteiger partial charge in [0.15, 0.2) is 0 Å². The van der Waals surface area contributed by atoms with E-state index in [4.69, 9.17) is 24.5 Å². The summed E-state index contributed by atoms with van der Waals surface area (Å²) >= 11 is 0. The summed E-state index contributed by atoms with van der Waals surface area (Å²) in [6, 6.07) is 24.9. The van der Waals surface area contributed by atoms with Crippen molar-refractivity contribution < 1.29 is 29.3 Å². The Morgan fingerprint density at radius 1 is 0.769 bits per heavy atom. The number of carboxylic acid groups (broad SMARTS) is 2. The molecule has 0 atom stereocenters. The molecule has 0 aliphatic carbocycles. The molecule has 2 aliphatic rings. The number of carbonyl (C=O) groups excluding carboxylic acids is 1. The zero-order valence-corrected chi connectivity index (χ0v) is 22.0. The van der Waals surface area contributed by atoms with Gasteiger partial charge in [0.05, 0.1) is 18.5 Å². The Kier molecular flexibility index (Phi) is 9.17. The summed E-state index contributed by atoms with van der Waals surface area (Å²) in [5.41, 5.74) is 5.76. The molecule has 2 heterocycles. The number of nitrogens with zero attached hydrogens (tertiary/aromatic N) is 3. The summed E-state index contributed by atoms with van der Waals surface area (Å²) in [4.78, 5) is 38.5. The molecule has 0 bridgehead atoms. The van der Waals surface area contributed by atoms with Crippen LogP contribution in [0.25, 0.3) is 0 Å². The van der Waals surface area contributed by atoms with Crippen LogP contribution in [0.2, 0.25) is 0 Å². The predicted octanol–water partition coefficient (Wildman–Crippen LogP) is 3.83. The number of carbonyl (C=O) groups is 3. The highest BCUT2D eigenvalue weighted by molar-refractivity contribution is 6.27. The number of carboxylic acids is 2. The van der Waals surface area contributed by atoms with Gasteiger partial charge >= 0.3 is 11.9 Å². The Morgan fingerprint density at radius 2 is 1.33 bits per heavy atom. The molecular weight excluding hydrogens is 498 g/mol. The summed E-state index contributed by atoms with van der Waals surface area (Å²) in [6.07, 6.45) is 2.44. The van der Waals surface area contributed by atoms with Gasteiger partial charge in [0.25, 0.3) is 0 Å². The van der Waals surface area contributed by atoms with E-state index < -0.39 is 11.9 Å². The van der Waals surface area contributed by atoms with E-state index in [2.05, 4.69) is 58.3 Å². The molecule has 9 heteroatoms. The van der Waals surface area contributed by atoms with Crippen LogP contribution in [0.15, 0.2) is 72.8 Å². The molecule has 0 unspecified atom stereocenters. The van der Waals surface area contributed by atoms with E-state index in [9.17, 15) is 4.79 Å². The van der Waals surface area contributed by atoms with E-state index in [0.717, 1.165) is 62.7 Å². The van der Waals surface area contributed by atoms with E-state index in [1.165, 1.54) is 16.8 Å². The molecule has 1 fully saturated rings. The maximum atomic E-state index is 13.6. The Labute approximate surface area is 227 Å². The fraction of sp³-hybridized carbons (Fsp3) is 0.300. The quantitative estimate of drug-likeness (QED) is 0.478. The van der Waals surface area contributed by atoms with Gasteiger partial charge in [-0.2, -0.15) is 0 Å². The summed E-state index contributed by atoms with van der Waals surface area (Å²) in [6.45, 7) is 4.61. The number of methoxy groups -OCH3 is 1. The number of ether oxygens (including phenoxy) is 1. The average molecular weight is 532 g/mol. The first kappa shape index (κ1) is 27.7. The number of benzene rings is 3. The lowest BCUT2D eigenvalue weighted by atomic mass is 10.0. The van der Waals surface area contributed by atoms with E-state index in [1.54, 1.807) is 7.11 Å². The summed E-state index contributed by atoms with van der Waals surface area (Å²) in [5.74, 6) is -2.59. The topological polar surface area (TPSA) is 111 Å². The molecule has 0 spiro atoms. The van der Waals surface area contributed by atoms with Gasteiger partial charge in [0.2, 0.25) is 5.91 Å². The third-order valence-corrected chi connectivity index (χ3v) is 6.99. The second-order valence-corrected chi connectivity index (χ2v) is 9.38. The molecule has 3 aromatic carbocycles. The molecule has 1 amide bonds. The first-order valence-electron chi connectivity index (χ1n) is 12.9. The molecule has 204 valence electrons. The Hall–Kier alpha value is -4.37. The van der Waals surface area contributed by atoms with Crippen LogP contribution in [-0.4, -0.2) is 72.8 Å². The SMILES string of the molecule is COc1cccc(N2CCN(CCC(=O)N3c4ccccc4CCc4ccccc43)CC2)c1.O=C(O)C(=O)O. The van der Waals surface area contributed by atoms with Crippen molar-refractivity contribution in [1.29, 1.82) is 0 Å². The monoisotopic (exact) mass is 531 g/mol. The van der Waals surface area contributed by atoms with Gasteiger partial charge in [0, 0.05) is 50.9 Å². The molecule has 5 rings (SSSR count). The van der Waals surface area contributed by atoms with Crippen LogP contribution < -0.4 is 14.5 Å². The van der Waals surface area contributed by atoms with Crippen molar-refractivity contribution in [3.8, 4) is 5.75 Å². The largest absolute Gasteiger partial charge is 0.497 e. The molecule has 9 nitrogen and oxygen atoms in total. The van der Waals surface area contributed by atoms with E-state index in [0.29, 0.717) is 6.42 Å². The number of rotatable bonds is 5. The summed E-state index contributed by atoms with van der Waals surface area (Å²) in [5, 5.41) is 14.8. The maximum absolute atomic E-state index is 13.6. The zero-order chi connectivity index (χ0) is 27.8. The third kappa shape index (κ3) is 6.94. The molecule has 1 saturated heterocycles. The second kappa shape index (κ2) is 12.9. The fourth-order valence-electron chi connectivity index (χ4n) is 4.95. The lowest BCUT2D eigenvalue weighted by molar-refractivity contribution is -0.159. The number of fused-ring (bicyclic) bond motifs is 2. The van der Waals surface area contributed by atoms with Crippen molar-refractivity contribution in [2.75, 3.05) is 49.6 Å². The first-order valence-corrected chi connectivity index (χ1v) is 12.9. The molecule has 3 aromatic rings. The normalized spacial score (nSPS) is 14.7. The minimum Gasteiger partial charge on any atom is -0.497 e. The smallest absolute Gasteiger partial charge is 0.414 e. The Bertz CT molecular complexity index is 1260. The Balaban J connectivity index is 0.000000531. The van der Waals surface area contributed by atoms with Crippen LogP contribution in [0.1, 0.15) is 17.5 Å². The predicted molar refractivity (Wildman–Crippen MR) is 149 cm³/mol. The molecular formula is C30H33N3O6. The highest BCUT2D eigenvalue weighted by Crippen LogP contribution is 2.36. The number of amides is 1. The number of aliphatic carboxylic acids is 2. The van der Waals surface area contributed by atoms with Gasteiger partial charge in [-0.05, 0) is 48.2 Å². The molecule has 39 heavy (non-hydrogen) atoms. The van der Waals surface area contributed by atoms with E-state index in [1.807, 2.05) is 29.2 Å². The van der Waals surface area contributed by atoms with Crippen LogP contribution in [0.3, 0.4) is 0 Å². The number of hydrogen-bond acceptors (Lipinski definition) is 6. The van der Waals surface area contributed by atoms with Crippen LogP contribution in [0.5, 0.6) is 5.75 Å². The van der Waals surface area contributed by atoms with Crippen molar-refractivity contribution in [1.82, 2.24) is 4.90 Å². The van der Waals surface area contributed by atoms with Crippen molar-refractivity contribution in [3.63, 3.8) is 0 Å². The van der Waals surface area contributed by atoms with Crippen molar-refractivity contribution in [2.45, 2.75) is 19.3 Å². The molecule has 2 N–H and O–H groups in total. The van der Waals surface area contributed by atoms with Crippen molar-refractivity contribution in [2.24, 2.45) is 0 Å². The minimum atomic E-state index is -1.82. The number of anilines is 3. The maximum Gasteiger partial charge on any atom is 0.414 e. The average Bonchev–Trinajstić information content (AvgIpc) is 3.13. The number of aryl methyl sites for hydroxylation is 2. The zero-order valence-electron chi connectivity index (χ0n) is 22.0. The lowest BCUT2D eigenvalue weighted by Gasteiger charge is -2.36. The van der Waals surface area contributed by atoms with Crippen molar-refractivity contribution >= 4 is 34.9 Å². The lowest BCUT2D eigenvalue weighted by Crippen LogP contribution is -2.47. The number of para-hydroxylation sites is 2. The highest BCUT2D eigenvalue weighted by Gasteiger charge is 2.26. The molecule has 0 radical (unpaired) electrons. The van der Waals surface area contributed by atoms with Gasteiger partial charge in [-0.3, -0.25) is 14.6 Å². The third-order valence-electron chi connectivity index (χ3n) is 6.99. The summed E-state index contributed by atoms with van der Waals surface area (Å²) < 4.78 is 5.37. The van der Waals surface area contributed by atoms with E-state index >= 15 is 0 Å². The van der Waals surface area contributed by atoms with Gasteiger partial charge in [0.1, 0.15) is 5.75 Å². The second-order valence-electron chi connectivity index (χ2n) is 9.38.